The van der Waals surface area contributed by atoms with Crippen molar-refractivity contribution >= 4 is 11.1 Å². The summed E-state index contributed by atoms with van der Waals surface area (Å²) < 4.78 is 0. The number of hydrogen-bond acceptors (Lipinski definition) is 3. The predicted octanol–water partition coefficient (Wildman–Crippen LogP) is 10.2. The summed E-state index contributed by atoms with van der Waals surface area (Å²) in [5.41, 5.74) is 21.3. The lowest BCUT2D eigenvalue weighted by atomic mass is 9.81. The van der Waals surface area contributed by atoms with Gasteiger partial charge in [0.15, 0.2) is 0 Å². The van der Waals surface area contributed by atoms with Crippen molar-refractivity contribution in [3.05, 3.63) is 178 Å². The second kappa shape index (κ2) is 12.9. The topological polar surface area (TPSA) is 41.3 Å². The van der Waals surface area contributed by atoms with Gasteiger partial charge in [0.05, 0.1) is 12.3 Å². The van der Waals surface area contributed by atoms with Crippen LogP contribution < -0.4 is 11.1 Å². The van der Waals surface area contributed by atoms with Crippen molar-refractivity contribution in [3.63, 3.8) is 0 Å². The van der Waals surface area contributed by atoms with Crippen LogP contribution in [0.25, 0.3) is 22.3 Å². The van der Waals surface area contributed by atoms with Crippen molar-refractivity contribution in [1.29, 1.82) is 0 Å². The molecule has 0 amide bonds. The highest BCUT2D eigenvalue weighted by atomic mass is 15.3. The van der Waals surface area contributed by atoms with E-state index in [1.165, 1.54) is 55.7 Å². The Hall–Kier alpha value is -4.54. The molecule has 5 aromatic rings. The number of nitrogens with two attached hydrogens (primary N) is 1. The first-order valence-electron chi connectivity index (χ1n) is 16.9. The maximum Gasteiger partial charge on any atom is 0.0877 e. The molecule has 0 bridgehead atoms. The predicted molar refractivity (Wildman–Crippen MR) is 198 cm³/mol. The number of rotatable bonds is 9. The third kappa shape index (κ3) is 6.03. The van der Waals surface area contributed by atoms with E-state index in [0.29, 0.717) is 0 Å². The largest absolute Gasteiger partial charge is 0.312 e. The van der Waals surface area contributed by atoms with Gasteiger partial charge in [-0.05, 0) is 100 Å². The Balaban J connectivity index is 1.14. The van der Waals surface area contributed by atoms with Gasteiger partial charge in [-0.25, -0.2) is 0 Å². The van der Waals surface area contributed by atoms with Gasteiger partial charge in [0.1, 0.15) is 0 Å². The van der Waals surface area contributed by atoms with Gasteiger partial charge in [0.2, 0.25) is 0 Å². The summed E-state index contributed by atoms with van der Waals surface area (Å²) in [5.74, 6) is 0. The molecule has 3 unspecified atom stereocenters. The molecular formula is C44H45N3. The van der Waals surface area contributed by atoms with Crippen molar-refractivity contribution in [2.75, 3.05) is 7.05 Å². The van der Waals surface area contributed by atoms with Crippen molar-refractivity contribution in [3.8, 4) is 11.1 Å². The lowest BCUT2D eigenvalue weighted by molar-refractivity contribution is 0.142. The minimum Gasteiger partial charge on any atom is -0.312 e. The Kier molecular flexibility index (Phi) is 8.55. The van der Waals surface area contributed by atoms with Crippen LogP contribution in [0.1, 0.15) is 90.9 Å². The van der Waals surface area contributed by atoms with Crippen LogP contribution in [-0.4, -0.2) is 11.9 Å². The molecule has 2 aliphatic carbocycles. The van der Waals surface area contributed by atoms with E-state index in [9.17, 15) is 0 Å². The maximum absolute atomic E-state index is 6.97. The molecule has 0 heterocycles. The molecule has 3 N–H and O–H groups in total. The zero-order valence-corrected chi connectivity index (χ0v) is 27.9. The number of benzene rings is 5. The van der Waals surface area contributed by atoms with Gasteiger partial charge in [-0.2, -0.15) is 0 Å². The fourth-order valence-corrected chi connectivity index (χ4v) is 7.49. The lowest BCUT2D eigenvalue weighted by Gasteiger charge is -2.36. The molecule has 2 aliphatic rings. The molecule has 0 fully saturated rings. The minimum atomic E-state index is -0.348. The number of nitrogens with one attached hydrogen (secondary N) is 1. The average Bonchev–Trinajstić information content (AvgIpc) is 3.36. The van der Waals surface area contributed by atoms with E-state index in [2.05, 4.69) is 178 Å². The fourth-order valence-electron chi connectivity index (χ4n) is 7.49. The first-order chi connectivity index (χ1) is 22.8. The minimum absolute atomic E-state index is 0.00211. The normalized spacial score (nSPS) is 16.9. The number of hydrogen-bond donors (Lipinski definition) is 2. The Bertz CT molecular complexity index is 1940. The van der Waals surface area contributed by atoms with Crippen molar-refractivity contribution in [2.24, 2.45) is 5.73 Å². The standard InChI is InChI=1S/C44H45N3/c1-30(31-15-7-5-8-16-31)47(4)43(32-17-9-6-10-18-32)46-42(45)37-22-14-21-35(28-37)33-19-13-20-34(27-33)36-25-26-39-38-23-11-12-24-40(38)44(2,3)41(39)29-36/h5-12,14-19,21-30,42-43,46H,13,20,45H2,1-4H3. The average molecular weight is 616 g/mol. The molecule has 3 nitrogen and oxygen atoms in total. The summed E-state index contributed by atoms with van der Waals surface area (Å²) in [6, 6.07) is 46.1. The highest BCUT2D eigenvalue weighted by molar-refractivity contribution is 5.88. The van der Waals surface area contributed by atoms with E-state index in [-0.39, 0.29) is 23.8 Å². The van der Waals surface area contributed by atoms with E-state index in [0.717, 1.165) is 18.4 Å². The van der Waals surface area contributed by atoms with Crippen LogP contribution in [0.3, 0.4) is 0 Å². The van der Waals surface area contributed by atoms with E-state index in [4.69, 9.17) is 5.73 Å². The molecule has 0 saturated heterocycles. The Morgan fingerprint density at radius 1 is 0.681 bits per heavy atom. The van der Waals surface area contributed by atoms with Crippen LogP contribution in [0.15, 0.2) is 140 Å². The van der Waals surface area contributed by atoms with Crippen LogP contribution in [-0.2, 0) is 5.41 Å². The molecule has 236 valence electrons. The number of allylic oxidation sites excluding steroid dienone is 4. The van der Waals surface area contributed by atoms with Crippen molar-refractivity contribution in [1.82, 2.24) is 10.2 Å². The summed E-state index contributed by atoms with van der Waals surface area (Å²) in [6.07, 6.45) is 6.41. The molecule has 0 aliphatic heterocycles. The molecule has 3 atom stereocenters. The summed E-state index contributed by atoms with van der Waals surface area (Å²) in [7, 11) is 2.17. The third-order valence-electron chi connectivity index (χ3n) is 10.4. The monoisotopic (exact) mass is 615 g/mol. The van der Waals surface area contributed by atoms with Gasteiger partial charge >= 0.3 is 0 Å². The highest BCUT2D eigenvalue weighted by Gasteiger charge is 2.35. The molecular weight excluding hydrogens is 571 g/mol. The molecule has 7 rings (SSSR count). The number of nitrogens with zero attached hydrogens (tertiary/aromatic N) is 1. The summed E-state index contributed by atoms with van der Waals surface area (Å²) in [4.78, 5) is 2.36. The lowest BCUT2D eigenvalue weighted by Crippen LogP contribution is -2.42. The van der Waals surface area contributed by atoms with E-state index < -0.39 is 0 Å². The zero-order chi connectivity index (χ0) is 32.5. The van der Waals surface area contributed by atoms with Crippen LogP contribution in [0, 0.1) is 0 Å². The molecule has 0 spiro atoms. The third-order valence-corrected chi connectivity index (χ3v) is 10.4. The molecule has 5 aromatic carbocycles. The summed E-state index contributed by atoms with van der Waals surface area (Å²) >= 11 is 0. The van der Waals surface area contributed by atoms with Crippen LogP contribution >= 0.6 is 0 Å². The van der Waals surface area contributed by atoms with Gasteiger partial charge < -0.3 is 5.73 Å². The Morgan fingerprint density at radius 2 is 1.34 bits per heavy atom. The van der Waals surface area contributed by atoms with Crippen LogP contribution in [0.4, 0.5) is 0 Å². The molecule has 0 saturated carbocycles. The van der Waals surface area contributed by atoms with Gasteiger partial charge in [-0.1, -0.05) is 141 Å². The van der Waals surface area contributed by atoms with Crippen LogP contribution in [0.2, 0.25) is 0 Å². The second-order valence-corrected chi connectivity index (χ2v) is 13.6. The Morgan fingerprint density at radius 3 is 2.11 bits per heavy atom. The van der Waals surface area contributed by atoms with Gasteiger partial charge in [-0.15, -0.1) is 0 Å². The SMILES string of the molecule is CC(c1ccccc1)N(C)C(NC(N)c1cccc(C2=CCCC(c3ccc4c(c3)C(C)(C)c3ccccc3-4)=C2)c1)c1ccccc1. The van der Waals surface area contributed by atoms with Gasteiger partial charge in [-0.3, -0.25) is 10.2 Å². The van der Waals surface area contributed by atoms with Crippen LogP contribution in [0.5, 0.6) is 0 Å². The quantitative estimate of drug-likeness (QED) is 0.162. The first kappa shape index (κ1) is 31.1. The molecule has 3 heteroatoms. The van der Waals surface area contributed by atoms with Gasteiger partial charge in [0.25, 0.3) is 0 Å². The maximum atomic E-state index is 6.97. The Labute approximate surface area is 280 Å². The molecule has 47 heavy (non-hydrogen) atoms. The second-order valence-electron chi connectivity index (χ2n) is 13.6. The van der Waals surface area contributed by atoms with E-state index in [1.54, 1.807) is 0 Å². The van der Waals surface area contributed by atoms with Crippen molar-refractivity contribution in [2.45, 2.75) is 57.4 Å². The first-order valence-corrected chi connectivity index (χ1v) is 16.9. The molecule has 0 aromatic heterocycles. The van der Waals surface area contributed by atoms with Gasteiger partial charge in [0, 0.05) is 11.5 Å². The molecule has 0 radical (unpaired) electrons. The van der Waals surface area contributed by atoms with E-state index in [1.807, 2.05) is 0 Å². The summed E-state index contributed by atoms with van der Waals surface area (Å²) in [6.45, 7) is 6.96. The smallest absolute Gasteiger partial charge is 0.0877 e. The highest BCUT2D eigenvalue weighted by Crippen LogP contribution is 2.49. The summed E-state index contributed by atoms with van der Waals surface area (Å²) in [5, 5.41) is 3.77. The van der Waals surface area contributed by atoms with Crippen molar-refractivity contribution < 1.29 is 0 Å². The zero-order valence-electron chi connectivity index (χ0n) is 27.9. The van der Waals surface area contributed by atoms with E-state index >= 15 is 0 Å². The fraction of sp³-hybridized carbons (Fsp3) is 0.227. The number of fused-ring (bicyclic) bond motifs is 3.